The van der Waals surface area contributed by atoms with Crippen molar-refractivity contribution in [2.75, 3.05) is 5.33 Å². The average Bonchev–Trinajstić information content (AvgIpc) is 2.30. The molecule has 0 bridgehead atoms. The highest BCUT2D eigenvalue weighted by molar-refractivity contribution is 9.09. The summed E-state index contributed by atoms with van der Waals surface area (Å²) in [6, 6.07) is 9.06. The topological polar surface area (TPSA) is 0 Å². The Kier molecular flexibility index (Phi) is 3.50. The number of rotatable bonds is 2. The first-order chi connectivity index (χ1) is 7.27. The zero-order valence-electron chi connectivity index (χ0n) is 9.43. The molecule has 0 nitrogen and oxygen atoms in total. The molecule has 1 fully saturated rings. The van der Waals surface area contributed by atoms with Crippen LogP contribution in [-0.2, 0) is 5.41 Å². The normalized spacial score (nSPS) is 20.1. The molecule has 0 radical (unpaired) electrons. The van der Waals surface area contributed by atoms with Crippen LogP contribution in [0.1, 0.15) is 43.2 Å². The summed E-state index contributed by atoms with van der Waals surface area (Å²) in [6.45, 7) is 2.19. The second-order valence-electron chi connectivity index (χ2n) is 4.84. The largest absolute Gasteiger partial charge is 0.0918 e. The van der Waals surface area contributed by atoms with E-state index in [0.29, 0.717) is 5.41 Å². The lowest BCUT2D eigenvalue weighted by atomic mass is 9.71. The van der Waals surface area contributed by atoms with Crippen LogP contribution < -0.4 is 0 Å². The van der Waals surface area contributed by atoms with E-state index >= 15 is 0 Å². The van der Waals surface area contributed by atoms with E-state index in [1.807, 2.05) is 0 Å². The smallest absolute Gasteiger partial charge is 0.0129 e. The molecule has 0 spiro atoms. The molecule has 1 aromatic carbocycles. The van der Waals surface area contributed by atoms with Crippen molar-refractivity contribution in [3.63, 3.8) is 0 Å². The Balaban J connectivity index is 2.32. The molecule has 0 amide bonds. The van der Waals surface area contributed by atoms with E-state index in [2.05, 4.69) is 47.1 Å². The highest BCUT2D eigenvalue weighted by atomic mass is 79.9. The van der Waals surface area contributed by atoms with Crippen LogP contribution in [0, 0.1) is 6.92 Å². The molecule has 82 valence electrons. The number of benzene rings is 1. The molecule has 1 aromatic rings. The maximum Gasteiger partial charge on any atom is 0.0129 e. The van der Waals surface area contributed by atoms with Crippen LogP contribution in [0.3, 0.4) is 0 Å². The van der Waals surface area contributed by atoms with Gasteiger partial charge in [-0.25, -0.2) is 0 Å². The fourth-order valence-electron chi connectivity index (χ4n) is 2.70. The van der Waals surface area contributed by atoms with Crippen molar-refractivity contribution in [2.45, 2.75) is 44.4 Å². The predicted molar refractivity (Wildman–Crippen MR) is 69.7 cm³/mol. The summed E-state index contributed by atoms with van der Waals surface area (Å²) in [7, 11) is 0. The standard InChI is InChI=1S/C14H19Br/c1-12-6-5-7-13(10-12)14(11-15)8-3-2-4-9-14/h5-7,10H,2-4,8-9,11H2,1H3. The van der Waals surface area contributed by atoms with Gasteiger partial charge in [0, 0.05) is 10.7 Å². The molecular formula is C14H19Br. The summed E-state index contributed by atoms with van der Waals surface area (Å²) in [4.78, 5) is 0. The molecule has 0 heterocycles. The zero-order chi connectivity index (χ0) is 10.7. The monoisotopic (exact) mass is 266 g/mol. The number of aryl methyl sites for hydroxylation is 1. The second kappa shape index (κ2) is 4.69. The Morgan fingerprint density at radius 3 is 2.53 bits per heavy atom. The molecule has 1 saturated carbocycles. The molecule has 0 saturated heterocycles. The van der Waals surface area contributed by atoms with Gasteiger partial charge in [0.05, 0.1) is 0 Å². The number of hydrogen-bond acceptors (Lipinski definition) is 0. The molecule has 2 rings (SSSR count). The van der Waals surface area contributed by atoms with Crippen LogP contribution in [0.15, 0.2) is 24.3 Å². The van der Waals surface area contributed by atoms with Gasteiger partial charge in [-0.2, -0.15) is 0 Å². The van der Waals surface area contributed by atoms with Crippen molar-refractivity contribution in [3.8, 4) is 0 Å². The van der Waals surface area contributed by atoms with Crippen LogP contribution in [0.5, 0.6) is 0 Å². The van der Waals surface area contributed by atoms with E-state index in [1.54, 1.807) is 5.56 Å². The van der Waals surface area contributed by atoms with Gasteiger partial charge in [-0.15, -0.1) is 0 Å². The third-order valence-corrected chi connectivity index (χ3v) is 4.77. The Bertz CT molecular complexity index is 324. The van der Waals surface area contributed by atoms with Gasteiger partial charge in [0.1, 0.15) is 0 Å². The lowest BCUT2D eigenvalue weighted by Crippen LogP contribution is -2.30. The van der Waals surface area contributed by atoms with Crippen LogP contribution in [0.25, 0.3) is 0 Å². The van der Waals surface area contributed by atoms with Crippen molar-refractivity contribution < 1.29 is 0 Å². The Hall–Kier alpha value is -0.300. The first kappa shape index (κ1) is 11.2. The molecule has 1 heteroatoms. The maximum atomic E-state index is 3.73. The van der Waals surface area contributed by atoms with Crippen molar-refractivity contribution in [1.82, 2.24) is 0 Å². The minimum absolute atomic E-state index is 0.421. The first-order valence-corrected chi connectivity index (χ1v) is 7.02. The zero-order valence-corrected chi connectivity index (χ0v) is 11.0. The van der Waals surface area contributed by atoms with E-state index in [0.717, 1.165) is 5.33 Å². The molecule has 0 N–H and O–H groups in total. The van der Waals surface area contributed by atoms with Crippen LogP contribution in [0.4, 0.5) is 0 Å². The van der Waals surface area contributed by atoms with E-state index < -0.39 is 0 Å². The van der Waals surface area contributed by atoms with Gasteiger partial charge in [0.25, 0.3) is 0 Å². The molecule has 1 aliphatic rings. The summed E-state index contributed by atoms with van der Waals surface area (Å²) in [5.41, 5.74) is 3.35. The molecular weight excluding hydrogens is 248 g/mol. The minimum Gasteiger partial charge on any atom is -0.0918 e. The van der Waals surface area contributed by atoms with E-state index in [-0.39, 0.29) is 0 Å². The van der Waals surface area contributed by atoms with Gasteiger partial charge >= 0.3 is 0 Å². The molecule has 0 atom stereocenters. The third kappa shape index (κ3) is 2.28. The van der Waals surface area contributed by atoms with Crippen LogP contribution in [-0.4, -0.2) is 5.33 Å². The van der Waals surface area contributed by atoms with Gasteiger partial charge < -0.3 is 0 Å². The molecule has 0 unspecified atom stereocenters. The van der Waals surface area contributed by atoms with Gasteiger partial charge in [0.15, 0.2) is 0 Å². The van der Waals surface area contributed by atoms with E-state index in [1.165, 1.54) is 37.7 Å². The summed E-state index contributed by atoms with van der Waals surface area (Å²) in [6.07, 6.45) is 6.89. The fraction of sp³-hybridized carbons (Fsp3) is 0.571. The average molecular weight is 267 g/mol. The van der Waals surface area contributed by atoms with Crippen LogP contribution >= 0.6 is 15.9 Å². The Morgan fingerprint density at radius 2 is 1.93 bits per heavy atom. The quantitative estimate of drug-likeness (QED) is 0.687. The predicted octanol–water partition coefficient (Wildman–Crippen LogP) is 4.59. The van der Waals surface area contributed by atoms with Gasteiger partial charge in [-0.3, -0.25) is 0 Å². The van der Waals surface area contributed by atoms with E-state index in [9.17, 15) is 0 Å². The van der Waals surface area contributed by atoms with Crippen LogP contribution in [0.2, 0.25) is 0 Å². The molecule has 1 aliphatic carbocycles. The molecule has 0 aromatic heterocycles. The summed E-state index contributed by atoms with van der Waals surface area (Å²) in [5, 5.41) is 1.11. The number of halogens is 1. The molecule has 15 heavy (non-hydrogen) atoms. The summed E-state index contributed by atoms with van der Waals surface area (Å²) < 4.78 is 0. The van der Waals surface area contributed by atoms with E-state index in [4.69, 9.17) is 0 Å². The fourth-order valence-corrected chi connectivity index (χ4v) is 3.59. The number of alkyl halides is 1. The second-order valence-corrected chi connectivity index (χ2v) is 5.40. The molecule has 0 aliphatic heterocycles. The lowest BCUT2D eigenvalue weighted by Gasteiger charge is -2.36. The van der Waals surface area contributed by atoms with Crippen molar-refractivity contribution in [2.24, 2.45) is 0 Å². The summed E-state index contributed by atoms with van der Waals surface area (Å²) >= 11 is 3.73. The third-order valence-electron chi connectivity index (χ3n) is 3.70. The Labute approximate surface area is 101 Å². The highest BCUT2D eigenvalue weighted by Gasteiger charge is 2.32. The lowest BCUT2D eigenvalue weighted by molar-refractivity contribution is 0.327. The van der Waals surface area contributed by atoms with Gasteiger partial charge in [-0.05, 0) is 25.3 Å². The van der Waals surface area contributed by atoms with Crippen molar-refractivity contribution >= 4 is 15.9 Å². The maximum absolute atomic E-state index is 3.73. The van der Waals surface area contributed by atoms with Crippen molar-refractivity contribution in [3.05, 3.63) is 35.4 Å². The highest BCUT2D eigenvalue weighted by Crippen LogP contribution is 2.40. The minimum atomic E-state index is 0.421. The summed E-state index contributed by atoms with van der Waals surface area (Å²) in [5.74, 6) is 0. The SMILES string of the molecule is Cc1cccc(C2(CBr)CCCCC2)c1. The Morgan fingerprint density at radius 1 is 1.20 bits per heavy atom. The number of hydrogen-bond donors (Lipinski definition) is 0. The van der Waals surface area contributed by atoms with Gasteiger partial charge in [0.2, 0.25) is 0 Å². The first-order valence-electron chi connectivity index (χ1n) is 5.90. The van der Waals surface area contributed by atoms with Gasteiger partial charge in [-0.1, -0.05) is 65.0 Å². The van der Waals surface area contributed by atoms with Crippen molar-refractivity contribution in [1.29, 1.82) is 0 Å².